The van der Waals surface area contributed by atoms with Gasteiger partial charge in [-0.25, -0.2) is 0 Å². The van der Waals surface area contributed by atoms with Crippen LogP contribution in [0.4, 0.5) is 0 Å². The molecule has 0 atom stereocenters. The summed E-state index contributed by atoms with van der Waals surface area (Å²) in [6, 6.07) is 14.5. The zero-order valence-electron chi connectivity index (χ0n) is 12.9. The third-order valence-electron chi connectivity index (χ3n) is 4.05. The Hall–Kier alpha value is -2.00. The van der Waals surface area contributed by atoms with E-state index in [1.807, 2.05) is 12.1 Å². The maximum Gasteiger partial charge on any atom is 0.122 e. The van der Waals surface area contributed by atoms with Crippen LogP contribution in [-0.2, 0) is 19.3 Å². The average molecular weight is 297 g/mol. The second kappa shape index (κ2) is 7.32. The number of fused-ring (bicyclic) bond motifs is 1. The number of nitrogens with two attached hydrogens (primary N) is 1. The summed E-state index contributed by atoms with van der Waals surface area (Å²) in [5.74, 6) is 1.82. The predicted octanol–water partition coefficient (Wildman–Crippen LogP) is 3.13. The van der Waals surface area contributed by atoms with E-state index in [-0.39, 0.29) is 0 Å². The molecule has 22 heavy (non-hydrogen) atoms. The molecular weight excluding hydrogens is 274 g/mol. The van der Waals surface area contributed by atoms with Crippen LogP contribution in [0.1, 0.15) is 23.1 Å². The van der Waals surface area contributed by atoms with Gasteiger partial charge in [0.15, 0.2) is 0 Å². The summed E-state index contributed by atoms with van der Waals surface area (Å²) in [6.45, 7) is 1.78. The van der Waals surface area contributed by atoms with Crippen LogP contribution in [0, 0.1) is 0 Å². The molecule has 116 valence electrons. The molecule has 0 heterocycles. The van der Waals surface area contributed by atoms with Gasteiger partial charge in [-0.15, -0.1) is 0 Å². The van der Waals surface area contributed by atoms with Crippen LogP contribution in [0.25, 0.3) is 0 Å². The van der Waals surface area contributed by atoms with Crippen molar-refractivity contribution in [3.63, 3.8) is 0 Å². The molecule has 1 aliphatic carbocycles. The Kier molecular flexibility index (Phi) is 4.96. The Morgan fingerprint density at radius 2 is 1.50 bits per heavy atom. The van der Waals surface area contributed by atoms with Crippen molar-refractivity contribution in [1.29, 1.82) is 0 Å². The van der Waals surface area contributed by atoms with Crippen LogP contribution < -0.4 is 15.2 Å². The number of aryl methyl sites for hydroxylation is 2. The van der Waals surface area contributed by atoms with Gasteiger partial charge in [-0.3, -0.25) is 0 Å². The molecule has 3 rings (SSSR count). The number of ether oxygens (including phenoxy) is 2. The minimum absolute atomic E-state index is 0.549. The first-order chi connectivity index (χ1) is 10.8. The molecule has 0 amide bonds. The van der Waals surface area contributed by atoms with E-state index in [0.717, 1.165) is 17.9 Å². The molecule has 2 aromatic rings. The Morgan fingerprint density at radius 1 is 0.818 bits per heavy atom. The summed E-state index contributed by atoms with van der Waals surface area (Å²) in [5.41, 5.74) is 9.69. The van der Waals surface area contributed by atoms with Crippen LogP contribution >= 0.6 is 0 Å². The Morgan fingerprint density at radius 3 is 2.27 bits per heavy atom. The number of hydrogen-bond donors (Lipinski definition) is 1. The van der Waals surface area contributed by atoms with Gasteiger partial charge in [0.25, 0.3) is 0 Å². The van der Waals surface area contributed by atoms with Crippen molar-refractivity contribution in [2.75, 3.05) is 19.8 Å². The minimum atomic E-state index is 0.549. The van der Waals surface area contributed by atoms with Gasteiger partial charge < -0.3 is 15.2 Å². The van der Waals surface area contributed by atoms with E-state index in [1.165, 1.54) is 36.0 Å². The van der Waals surface area contributed by atoms with Crippen molar-refractivity contribution in [1.82, 2.24) is 0 Å². The second-order valence-electron chi connectivity index (χ2n) is 5.66. The van der Waals surface area contributed by atoms with Gasteiger partial charge in [0.1, 0.15) is 24.7 Å². The van der Waals surface area contributed by atoms with Crippen LogP contribution in [0.5, 0.6) is 11.5 Å². The third-order valence-corrected chi connectivity index (χ3v) is 4.05. The normalized spacial score (nSPS) is 13.0. The van der Waals surface area contributed by atoms with Crippen LogP contribution in [0.15, 0.2) is 42.5 Å². The molecule has 0 bridgehead atoms. The van der Waals surface area contributed by atoms with Crippen molar-refractivity contribution in [3.05, 3.63) is 59.2 Å². The highest BCUT2D eigenvalue weighted by atomic mass is 16.5. The standard InChI is InChI=1S/C19H23NO2/c20-11-10-15-4-7-18(8-5-15)21-12-13-22-19-9-6-16-2-1-3-17(16)14-19/h4-9,14H,1-3,10-13,20H2. The molecule has 3 nitrogen and oxygen atoms in total. The lowest BCUT2D eigenvalue weighted by Crippen LogP contribution is -2.09. The summed E-state index contributed by atoms with van der Waals surface area (Å²) < 4.78 is 11.5. The van der Waals surface area contributed by atoms with Crippen LogP contribution in [-0.4, -0.2) is 19.8 Å². The summed E-state index contributed by atoms with van der Waals surface area (Å²) in [5, 5.41) is 0. The highest BCUT2D eigenvalue weighted by molar-refractivity contribution is 5.38. The average Bonchev–Trinajstić information content (AvgIpc) is 3.01. The molecule has 2 N–H and O–H groups in total. The highest BCUT2D eigenvalue weighted by Gasteiger charge is 2.10. The molecular formula is C19H23NO2. The molecule has 0 aliphatic heterocycles. The maximum absolute atomic E-state index is 5.77. The van der Waals surface area contributed by atoms with Gasteiger partial charge in [0.05, 0.1) is 0 Å². The summed E-state index contributed by atoms with van der Waals surface area (Å²) >= 11 is 0. The van der Waals surface area contributed by atoms with Crippen molar-refractivity contribution >= 4 is 0 Å². The second-order valence-corrected chi connectivity index (χ2v) is 5.66. The molecule has 3 heteroatoms. The quantitative estimate of drug-likeness (QED) is 0.799. The van der Waals surface area contributed by atoms with Gasteiger partial charge in [-0.2, -0.15) is 0 Å². The lowest BCUT2D eigenvalue weighted by Gasteiger charge is -2.10. The van der Waals surface area contributed by atoms with Crippen molar-refractivity contribution in [3.8, 4) is 11.5 Å². The number of benzene rings is 2. The molecule has 0 unspecified atom stereocenters. The Bertz CT molecular complexity index is 607. The first-order valence-electron chi connectivity index (χ1n) is 8.01. The lowest BCUT2D eigenvalue weighted by molar-refractivity contribution is 0.217. The predicted molar refractivity (Wildman–Crippen MR) is 88.7 cm³/mol. The summed E-state index contributed by atoms with van der Waals surface area (Å²) in [4.78, 5) is 0. The van der Waals surface area contributed by atoms with Crippen LogP contribution in [0.2, 0.25) is 0 Å². The van der Waals surface area contributed by atoms with E-state index in [2.05, 4.69) is 30.3 Å². The third kappa shape index (κ3) is 3.80. The van der Waals surface area contributed by atoms with E-state index < -0.39 is 0 Å². The largest absolute Gasteiger partial charge is 0.490 e. The van der Waals surface area contributed by atoms with E-state index >= 15 is 0 Å². The van der Waals surface area contributed by atoms with Gasteiger partial charge in [0, 0.05) is 0 Å². The smallest absolute Gasteiger partial charge is 0.122 e. The topological polar surface area (TPSA) is 44.5 Å². The van der Waals surface area contributed by atoms with Gasteiger partial charge in [-0.05, 0) is 73.2 Å². The van der Waals surface area contributed by atoms with E-state index in [9.17, 15) is 0 Å². The van der Waals surface area contributed by atoms with Crippen LogP contribution in [0.3, 0.4) is 0 Å². The molecule has 0 radical (unpaired) electrons. The Balaban J connectivity index is 1.43. The molecule has 2 aromatic carbocycles. The van der Waals surface area contributed by atoms with E-state index in [4.69, 9.17) is 15.2 Å². The number of hydrogen-bond acceptors (Lipinski definition) is 3. The Labute approximate surface area is 132 Å². The molecule has 0 aromatic heterocycles. The minimum Gasteiger partial charge on any atom is -0.490 e. The fourth-order valence-electron chi connectivity index (χ4n) is 2.88. The zero-order chi connectivity index (χ0) is 15.2. The summed E-state index contributed by atoms with van der Waals surface area (Å²) in [7, 11) is 0. The van der Waals surface area contributed by atoms with Gasteiger partial charge >= 0.3 is 0 Å². The zero-order valence-corrected chi connectivity index (χ0v) is 12.9. The molecule has 0 saturated heterocycles. The molecule has 0 saturated carbocycles. The van der Waals surface area contributed by atoms with Gasteiger partial charge in [-0.1, -0.05) is 18.2 Å². The van der Waals surface area contributed by atoms with Gasteiger partial charge in [0.2, 0.25) is 0 Å². The fraction of sp³-hybridized carbons (Fsp3) is 0.368. The molecule has 0 spiro atoms. The number of rotatable bonds is 7. The van der Waals surface area contributed by atoms with Crippen molar-refractivity contribution < 1.29 is 9.47 Å². The van der Waals surface area contributed by atoms with E-state index in [0.29, 0.717) is 19.8 Å². The first kappa shape index (κ1) is 14.9. The monoisotopic (exact) mass is 297 g/mol. The van der Waals surface area contributed by atoms with Crippen molar-refractivity contribution in [2.24, 2.45) is 5.73 Å². The molecule has 0 fully saturated rings. The fourth-order valence-corrected chi connectivity index (χ4v) is 2.88. The van der Waals surface area contributed by atoms with Crippen molar-refractivity contribution in [2.45, 2.75) is 25.7 Å². The lowest BCUT2D eigenvalue weighted by atomic mass is 10.1. The van der Waals surface area contributed by atoms with E-state index in [1.54, 1.807) is 0 Å². The summed E-state index contributed by atoms with van der Waals surface area (Å²) in [6.07, 6.45) is 4.56. The highest BCUT2D eigenvalue weighted by Crippen LogP contribution is 2.26. The molecule has 1 aliphatic rings. The first-order valence-corrected chi connectivity index (χ1v) is 8.01. The SMILES string of the molecule is NCCc1ccc(OCCOc2ccc3c(c2)CCC3)cc1. The maximum atomic E-state index is 5.77.